The fourth-order valence-electron chi connectivity index (χ4n) is 9.15. The van der Waals surface area contributed by atoms with Crippen LogP contribution in [0.3, 0.4) is 0 Å². The van der Waals surface area contributed by atoms with Crippen molar-refractivity contribution in [2.24, 2.45) is 0 Å². The van der Waals surface area contributed by atoms with E-state index in [9.17, 15) is 13.0 Å². The van der Waals surface area contributed by atoms with Gasteiger partial charge in [-0.2, -0.15) is 13.0 Å². The van der Waals surface area contributed by atoms with E-state index in [1.807, 2.05) is 0 Å². The van der Waals surface area contributed by atoms with Gasteiger partial charge in [-0.1, -0.05) is 45.1 Å². The Bertz CT molecular complexity index is 1620. The number of allylic oxidation sites excluding steroid dienone is 2. The molecule has 2 aliphatic carbocycles. The number of aryl methyl sites for hydroxylation is 2. The zero-order valence-corrected chi connectivity index (χ0v) is 28.6. The van der Waals surface area contributed by atoms with Crippen molar-refractivity contribution < 1.29 is 17.5 Å². The van der Waals surface area contributed by atoms with Crippen LogP contribution >= 0.6 is 0 Å². The summed E-state index contributed by atoms with van der Waals surface area (Å²) >= 11 is 0. The van der Waals surface area contributed by atoms with Crippen LogP contribution in [0.5, 0.6) is 0 Å². The number of hydrogen-bond donors (Lipinski definition) is 1. The largest absolute Gasteiger partial charge is 0.344 e. The Morgan fingerprint density at radius 3 is 2.25 bits per heavy atom. The SMILES string of the molecule is CCCN1/C2=C/CCCCCC2(C)c2cc(-c3cc(C)c4c(c3)C3(C)CCCCCCC3=[N+]4CCCS(=O)(=O)O)cc(C)c21. The van der Waals surface area contributed by atoms with Crippen LogP contribution in [-0.2, 0) is 20.9 Å². The van der Waals surface area contributed by atoms with E-state index in [0.717, 1.165) is 25.8 Å². The van der Waals surface area contributed by atoms with Crippen LogP contribution in [0.2, 0.25) is 0 Å². The van der Waals surface area contributed by atoms with Crippen LogP contribution in [0.4, 0.5) is 11.4 Å². The van der Waals surface area contributed by atoms with Gasteiger partial charge in [0.1, 0.15) is 6.54 Å². The molecule has 6 heteroatoms. The number of fused-ring (bicyclic) bond motifs is 6. The fraction of sp³-hybridized carbons (Fsp3) is 0.605. The highest BCUT2D eigenvalue weighted by Gasteiger charge is 2.49. The minimum atomic E-state index is -3.98. The Morgan fingerprint density at radius 1 is 0.864 bits per heavy atom. The third kappa shape index (κ3) is 5.48. The molecule has 2 aromatic rings. The summed E-state index contributed by atoms with van der Waals surface area (Å²) in [6, 6.07) is 9.80. The average molecular weight is 618 g/mol. The first-order chi connectivity index (χ1) is 21.0. The zero-order chi connectivity index (χ0) is 31.3. The van der Waals surface area contributed by atoms with E-state index in [1.165, 1.54) is 114 Å². The molecule has 2 unspecified atom stereocenters. The minimum absolute atomic E-state index is 0.0494. The Labute approximate surface area is 266 Å². The third-order valence-corrected chi connectivity index (χ3v) is 12.1. The average Bonchev–Trinajstić information content (AvgIpc) is 3.29. The molecule has 0 spiro atoms. The number of rotatable bonds is 7. The van der Waals surface area contributed by atoms with E-state index in [4.69, 9.17) is 0 Å². The summed E-state index contributed by atoms with van der Waals surface area (Å²) in [7, 11) is -3.98. The molecule has 1 N–H and O–H groups in total. The van der Waals surface area contributed by atoms with Crippen molar-refractivity contribution in [3.63, 3.8) is 0 Å². The van der Waals surface area contributed by atoms with Gasteiger partial charge in [0.05, 0.1) is 11.2 Å². The number of benzene rings is 2. The monoisotopic (exact) mass is 617 g/mol. The Balaban J connectivity index is 1.47. The normalized spacial score (nSPS) is 26.5. The predicted octanol–water partition coefficient (Wildman–Crippen LogP) is 9.29. The third-order valence-electron chi connectivity index (χ3n) is 11.3. The minimum Gasteiger partial charge on any atom is -0.344 e. The summed E-state index contributed by atoms with van der Waals surface area (Å²) in [5, 5.41) is 0. The van der Waals surface area contributed by atoms with Crippen LogP contribution in [0.15, 0.2) is 36.0 Å². The molecule has 44 heavy (non-hydrogen) atoms. The lowest BCUT2D eigenvalue weighted by Crippen LogP contribution is -2.34. The molecule has 6 rings (SSSR count). The Kier molecular flexibility index (Phi) is 8.64. The van der Waals surface area contributed by atoms with Crippen molar-refractivity contribution in [3.8, 4) is 11.1 Å². The van der Waals surface area contributed by atoms with Gasteiger partial charge in [0.15, 0.2) is 5.71 Å². The molecule has 238 valence electrons. The van der Waals surface area contributed by atoms with Gasteiger partial charge in [-0.05, 0) is 113 Å². The van der Waals surface area contributed by atoms with Gasteiger partial charge in [0.25, 0.3) is 10.1 Å². The van der Waals surface area contributed by atoms with Gasteiger partial charge in [-0.3, -0.25) is 4.55 Å². The first kappa shape index (κ1) is 31.5. The van der Waals surface area contributed by atoms with Crippen LogP contribution in [0.1, 0.15) is 126 Å². The van der Waals surface area contributed by atoms with Gasteiger partial charge in [0, 0.05) is 47.3 Å². The van der Waals surface area contributed by atoms with Crippen molar-refractivity contribution in [1.29, 1.82) is 0 Å². The lowest BCUT2D eigenvalue weighted by atomic mass is 9.71. The van der Waals surface area contributed by atoms with Crippen molar-refractivity contribution in [2.75, 3.05) is 23.7 Å². The molecule has 5 nitrogen and oxygen atoms in total. The van der Waals surface area contributed by atoms with E-state index < -0.39 is 10.1 Å². The van der Waals surface area contributed by atoms with E-state index >= 15 is 0 Å². The van der Waals surface area contributed by atoms with E-state index in [0.29, 0.717) is 13.0 Å². The topological polar surface area (TPSA) is 60.6 Å². The fourth-order valence-corrected chi connectivity index (χ4v) is 9.65. The molecule has 0 aromatic heterocycles. The quantitative estimate of drug-likeness (QED) is 0.248. The molecule has 2 aliphatic heterocycles. The summed E-state index contributed by atoms with van der Waals surface area (Å²) in [5.41, 5.74) is 13.8. The second-order valence-corrected chi connectivity index (χ2v) is 16.1. The second kappa shape index (κ2) is 12.1. The first-order valence-electron chi connectivity index (χ1n) is 17.4. The summed E-state index contributed by atoms with van der Waals surface area (Å²) in [5.74, 6) is -0.196. The van der Waals surface area contributed by atoms with Crippen LogP contribution in [0, 0.1) is 13.8 Å². The molecule has 0 amide bonds. The smallest absolute Gasteiger partial charge is 0.265 e. The molecule has 4 aliphatic rings. The van der Waals surface area contributed by atoms with E-state index in [-0.39, 0.29) is 16.6 Å². The molecule has 0 radical (unpaired) electrons. The first-order valence-corrected chi connectivity index (χ1v) is 19.0. The molecule has 0 saturated heterocycles. The zero-order valence-electron chi connectivity index (χ0n) is 27.8. The second-order valence-electron chi connectivity index (χ2n) is 14.5. The molecule has 1 saturated carbocycles. The van der Waals surface area contributed by atoms with Crippen molar-refractivity contribution in [1.82, 2.24) is 0 Å². The highest BCUT2D eigenvalue weighted by molar-refractivity contribution is 7.85. The summed E-state index contributed by atoms with van der Waals surface area (Å²) < 4.78 is 35.1. The highest BCUT2D eigenvalue weighted by atomic mass is 32.2. The maximum atomic E-state index is 11.6. The van der Waals surface area contributed by atoms with Crippen LogP contribution < -0.4 is 4.90 Å². The van der Waals surface area contributed by atoms with Gasteiger partial charge >= 0.3 is 0 Å². The number of anilines is 1. The van der Waals surface area contributed by atoms with Gasteiger partial charge in [0.2, 0.25) is 5.69 Å². The molecular formula is C38H53N2O3S+. The lowest BCUT2D eigenvalue weighted by Gasteiger charge is -2.32. The number of hydrogen-bond acceptors (Lipinski definition) is 3. The molecule has 2 heterocycles. The van der Waals surface area contributed by atoms with Crippen LogP contribution in [-0.4, -0.2) is 42.1 Å². The van der Waals surface area contributed by atoms with E-state index in [2.05, 4.69) is 74.4 Å². The Morgan fingerprint density at radius 2 is 1.52 bits per heavy atom. The van der Waals surface area contributed by atoms with Crippen molar-refractivity contribution in [3.05, 3.63) is 58.3 Å². The maximum absolute atomic E-state index is 11.6. The van der Waals surface area contributed by atoms with E-state index in [1.54, 1.807) is 0 Å². The molecule has 2 aromatic carbocycles. The van der Waals surface area contributed by atoms with Crippen molar-refractivity contribution >= 4 is 27.2 Å². The van der Waals surface area contributed by atoms with Crippen LogP contribution in [0.25, 0.3) is 11.1 Å². The molecular weight excluding hydrogens is 564 g/mol. The molecule has 0 bridgehead atoms. The predicted molar refractivity (Wildman–Crippen MR) is 183 cm³/mol. The molecule has 1 fully saturated rings. The number of nitrogens with zero attached hydrogens (tertiary/aromatic N) is 2. The summed E-state index contributed by atoms with van der Waals surface area (Å²) in [4.78, 5) is 2.65. The Hall–Kier alpha value is -2.44. The van der Waals surface area contributed by atoms with Gasteiger partial charge in [-0.25, -0.2) is 0 Å². The highest BCUT2D eigenvalue weighted by Crippen LogP contribution is 2.55. The lowest BCUT2D eigenvalue weighted by molar-refractivity contribution is -0.440. The summed E-state index contributed by atoms with van der Waals surface area (Å²) in [6.45, 7) is 13.5. The molecule has 2 atom stereocenters. The van der Waals surface area contributed by atoms with Gasteiger partial charge in [-0.15, -0.1) is 0 Å². The summed E-state index contributed by atoms with van der Waals surface area (Å²) in [6.07, 6.45) is 17.4. The van der Waals surface area contributed by atoms with Crippen molar-refractivity contribution in [2.45, 2.75) is 129 Å². The maximum Gasteiger partial charge on any atom is 0.265 e. The van der Waals surface area contributed by atoms with Gasteiger partial charge < -0.3 is 4.90 Å². The standard InChI is InChI=1S/C38H52N2O3S/c1-6-20-39-33-16-11-7-9-13-18-37(33,4)31-25-29(23-27(2)35(31)39)30-24-28(3)36-32(26-30)38(5)19-14-10-8-12-17-34(38)40(36)21-15-22-44(41,42)43/h16,23-26H,6-15,17-22H2,1-5H3/p+1/b33-16+.